The van der Waals surface area contributed by atoms with Gasteiger partial charge in [0.2, 0.25) is 0 Å². The maximum Gasteiger partial charge on any atom is 0.143 e. The van der Waals surface area contributed by atoms with E-state index in [0.29, 0.717) is 6.61 Å². The molecule has 0 aliphatic carbocycles. The van der Waals surface area contributed by atoms with Crippen LogP contribution in [0.5, 0.6) is 5.75 Å². The predicted octanol–water partition coefficient (Wildman–Crippen LogP) is 3.73. The Balaban J connectivity index is 0.000000514. The SMILES string of the molecule is Brc1ccc2c(c1)OCCn1ccnc1-2.CC. The van der Waals surface area contributed by atoms with Crippen LogP contribution in [-0.2, 0) is 6.54 Å². The zero-order valence-corrected chi connectivity index (χ0v) is 11.6. The monoisotopic (exact) mass is 294 g/mol. The first-order valence-corrected chi connectivity index (χ1v) is 6.58. The number of hydrogen-bond donors (Lipinski definition) is 0. The fourth-order valence-corrected chi connectivity index (χ4v) is 2.13. The van der Waals surface area contributed by atoms with Crippen molar-refractivity contribution in [3.63, 3.8) is 0 Å². The number of aromatic nitrogens is 2. The van der Waals surface area contributed by atoms with E-state index in [2.05, 4.69) is 25.5 Å². The van der Waals surface area contributed by atoms with Gasteiger partial charge in [-0.3, -0.25) is 0 Å². The van der Waals surface area contributed by atoms with Gasteiger partial charge >= 0.3 is 0 Å². The van der Waals surface area contributed by atoms with Crippen molar-refractivity contribution in [1.29, 1.82) is 0 Å². The van der Waals surface area contributed by atoms with Crippen LogP contribution in [0, 0.1) is 0 Å². The van der Waals surface area contributed by atoms with Gasteiger partial charge in [-0.05, 0) is 18.2 Å². The lowest BCUT2D eigenvalue weighted by molar-refractivity contribution is 0.306. The molecule has 1 aromatic heterocycles. The molecule has 90 valence electrons. The molecule has 3 nitrogen and oxygen atoms in total. The molecule has 0 bridgehead atoms. The molecule has 0 radical (unpaired) electrons. The summed E-state index contributed by atoms with van der Waals surface area (Å²) in [5.41, 5.74) is 1.06. The molecule has 17 heavy (non-hydrogen) atoms. The van der Waals surface area contributed by atoms with Crippen molar-refractivity contribution < 1.29 is 4.74 Å². The third kappa shape index (κ3) is 2.36. The summed E-state index contributed by atoms with van der Waals surface area (Å²) in [6.45, 7) is 5.54. The topological polar surface area (TPSA) is 27.1 Å². The maximum atomic E-state index is 5.68. The summed E-state index contributed by atoms with van der Waals surface area (Å²) in [4.78, 5) is 4.36. The quantitative estimate of drug-likeness (QED) is 0.740. The number of fused-ring (bicyclic) bond motifs is 3. The van der Waals surface area contributed by atoms with Gasteiger partial charge in [-0.1, -0.05) is 29.8 Å². The normalized spacial score (nSPS) is 12.4. The molecule has 1 aliphatic heterocycles. The molecule has 0 saturated heterocycles. The van der Waals surface area contributed by atoms with Gasteiger partial charge in [-0.15, -0.1) is 0 Å². The zero-order valence-electron chi connectivity index (χ0n) is 9.98. The van der Waals surface area contributed by atoms with E-state index in [1.165, 1.54) is 0 Å². The summed E-state index contributed by atoms with van der Waals surface area (Å²) in [5.74, 6) is 1.88. The molecule has 0 spiro atoms. The average Bonchev–Trinajstić information content (AvgIpc) is 2.74. The van der Waals surface area contributed by atoms with Crippen LogP contribution in [0.25, 0.3) is 11.4 Å². The molecule has 3 rings (SSSR count). The Bertz CT molecular complexity index is 508. The highest BCUT2D eigenvalue weighted by molar-refractivity contribution is 9.10. The summed E-state index contributed by atoms with van der Waals surface area (Å²) in [6, 6.07) is 6.02. The maximum absolute atomic E-state index is 5.68. The van der Waals surface area contributed by atoms with E-state index in [4.69, 9.17) is 4.74 Å². The van der Waals surface area contributed by atoms with Gasteiger partial charge in [0.05, 0.1) is 12.1 Å². The lowest BCUT2D eigenvalue weighted by atomic mass is 10.2. The second-order valence-corrected chi connectivity index (χ2v) is 4.35. The molecule has 1 aromatic carbocycles. The first kappa shape index (κ1) is 12.2. The number of benzene rings is 1. The highest BCUT2D eigenvalue weighted by Gasteiger charge is 2.15. The van der Waals surface area contributed by atoms with Crippen molar-refractivity contribution in [2.75, 3.05) is 6.61 Å². The third-order valence-electron chi connectivity index (χ3n) is 2.49. The van der Waals surface area contributed by atoms with Crippen molar-refractivity contribution in [1.82, 2.24) is 9.55 Å². The van der Waals surface area contributed by atoms with E-state index < -0.39 is 0 Å². The van der Waals surface area contributed by atoms with Crippen molar-refractivity contribution >= 4 is 15.9 Å². The van der Waals surface area contributed by atoms with Gasteiger partial charge in [0.15, 0.2) is 0 Å². The Hall–Kier alpha value is -1.29. The molecule has 2 aromatic rings. The van der Waals surface area contributed by atoms with Crippen molar-refractivity contribution in [3.05, 3.63) is 35.1 Å². The minimum absolute atomic E-state index is 0.687. The second-order valence-electron chi connectivity index (χ2n) is 3.43. The minimum atomic E-state index is 0.687. The number of ether oxygens (including phenoxy) is 1. The Morgan fingerprint density at radius 3 is 3.00 bits per heavy atom. The van der Waals surface area contributed by atoms with E-state index in [1.54, 1.807) is 0 Å². The van der Waals surface area contributed by atoms with E-state index in [0.717, 1.165) is 28.2 Å². The largest absolute Gasteiger partial charge is 0.491 e. The molecule has 0 saturated carbocycles. The van der Waals surface area contributed by atoms with Gasteiger partial charge < -0.3 is 9.30 Å². The van der Waals surface area contributed by atoms with Crippen LogP contribution in [0.15, 0.2) is 35.1 Å². The number of halogens is 1. The van der Waals surface area contributed by atoms with Crippen LogP contribution in [0.3, 0.4) is 0 Å². The molecule has 0 amide bonds. The second kappa shape index (κ2) is 5.36. The van der Waals surface area contributed by atoms with Crippen LogP contribution >= 0.6 is 15.9 Å². The van der Waals surface area contributed by atoms with Crippen molar-refractivity contribution in [2.45, 2.75) is 20.4 Å². The fraction of sp³-hybridized carbons (Fsp3) is 0.308. The van der Waals surface area contributed by atoms with Crippen LogP contribution in [0.2, 0.25) is 0 Å². The van der Waals surface area contributed by atoms with Gasteiger partial charge in [-0.25, -0.2) is 4.98 Å². The van der Waals surface area contributed by atoms with Crippen molar-refractivity contribution in [3.8, 4) is 17.1 Å². The molecule has 0 N–H and O–H groups in total. The smallest absolute Gasteiger partial charge is 0.143 e. The lowest BCUT2D eigenvalue weighted by Crippen LogP contribution is -2.04. The average molecular weight is 295 g/mol. The highest BCUT2D eigenvalue weighted by atomic mass is 79.9. The summed E-state index contributed by atoms with van der Waals surface area (Å²) in [7, 11) is 0. The first-order chi connectivity index (χ1) is 8.34. The van der Waals surface area contributed by atoms with Crippen LogP contribution in [0.1, 0.15) is 13.8 Å². The summed E-state index contributed by atoms with van der Waals surface area (Å²) in [6.07, 6.45) is 3.81. The summed E-state index contributed by atoms with van der Waals surface area (Å²) in [5, 5.41) is 0. The standard InChI is InChI=1S/C11H9BrN2O.C2H6/c12-8-1-2-9-10(7-8)15-6-5-14-4-3-13-11(9)14;1-2/h1-4,7H,5-6H2;1-2H3. The van der Waals surface area contributed by atoms with E-state index in [1.807, 2.05) is 44.4 Å². The number of nitrogens with zero attached hydrogens (tertiary/aromatic N) is 2. The number of imidazole rings is 1. The Labute approximate surface area is 110 Å². The molecule has 4 heteroatoms. The van der Waals surface area contributed by atoms with E-state index in [-0.39, 0.29) is 0 Å². The van der Waals surface area contributed by atoms with Crippen molar-refractivity contribution in [2.24, 2.45) is 0 Å². The Kier molecular flexibility index (Phi) is 3.84. The van der Waals surface area contributed by atoms with Gasteiger partial charge in [-0.2, -0.15) is 0 Å². The Morgan fingerprint density at radius 2 is 2.18 bits per heavy atom. The third-order valence-corrected chi connectivity index (χ3v) is 2.98. The molecule has 0 fully saturated rings. The molecule has 1 aliphatic rings. The first-order valence-electron chi connectivity index (χ1n) is 5.78. The lowest BCUT2D eigenvalue weighted by Gasteiger charge is -2.05. The van der Waals surface area contributed by atoms with Crippen LogP contribution in [0.4, 0.5) is 0 Å². The number of hydrogen-bond acceptors (Lipinski definition) is 2. The highest BCUT2D eigenvalue weighted by Crippen LogP contribution is 2.33. The molecular formula is C13H15BrN2O. The van der Waals surface area contributed by atoms with E-state index >= 15 is 0 Å². The number of rotatable bonds is 0. The molecular weight excluding hydrogens is 280 g/mol. The van der Waals surface area contributed by atoms with E-state index in [9.17, 15) is 0 Å². The molecule has 2 heterocycles. The molecule has 0 unspecified atom stereocenters. The van der Waals surface area contributed by atoms with Gasteiger partial charge in [0.25, 0.3) is 0 Å². The van der Waals surface area contributed by atoms with Gasteiger partial charge in [0, 0.05) is 16.9 Å². The fourth-order valence-electron chi connectivity index (χ4n) is 1.79. The van der Waals surface area contributed by atoms with Crippen LogP contribution in [-0.4, -0.2) is 16.2 Å². The van der Waals surface area contributed by atoms with Gasteiger partial charge in [0.1, 0.15) is 18.2 Å². The summed E-state index contributed by atoms with van der Waals surface area (Å²) < 4.78 is 8.82. The Morgan fingerprint density at radius 1 is 1.35 bits per heavy atom. The zero-order chi connectivity index (χ0) is 12.3. The molecule has 0 atom stereocenters. The summed E-state index contributed by atoms with van der Waals surface area (Å²) >= 11 is 3.44. The predicted molar refractivity (Wildman–Crippen MR) is 72.2 cm³/mol. The van der Waals surface area contributed by atoms with Crippen LogP contribution < -0.4 is 4.74 Å². The minimum Gasteiger partial charge on any atom is -0.491 e.